The summed E-state index contributed by atoms with van der Waals surface area (Å²) in [7, 11) is -3.94. The lowest BCUT2D eigenvalue weighted by atomic mass is 10.1. The van der Waals surface area contributed by atoms with Gasteiger partial charge in [-0.05, 0) is 61.4 Å². The third-order valence-corrected chi connectivity index (χ3v) is 6.41. The van der Waals surface area contributed by atoms with Crippen molar-refractivity contribution < 1.29 is 22.8 Å². The molecule has 10 heteroatoms. The molecule has 2 aromatic carbocycles. The van der Waals surface area contributed by atoms with Crippen LogP contribution in [0.25, 0.3) is 0 Å². The first-order chi connectivity index (χ1) is 14.5. The Balaban J connectivity index is 1.59. The highest BCUT2D eigenvalue weighted by molar-refractivity contribution is 7.90. The molecule has 0 radical (unpaired) electrons. The molecule has 1 aliphatic rings. The average molecular weight is 445 g/mol. The number of carbonyl (C=O) groups is 3. The van der Waals surface area contributed by atoms with Crippen molar-refractivity contribution in [1.82, 2.24) is 10.0 Å². The fraction of sp³-hybridized carbons (Fsp3) is 0.286. The summed E-state index contributed by atoms with van der Waals surface area (Å²) in [5.41, 5.74) is 3.40. The number of anilines is 2. The number of benzene rings is 2. The lowest BCUT2D eigenvalue weighted by Crippen LogP contribution is -2.39. The van der Waals surface area contributed by atoms with Crippen molar-refractivity contribution in [3.63, 3.8) is 0 Å². The highest BCUT2D eigenvalue weighted by atomic mass is 32.2. The normalized spacial score (nSPS) is 16.2. The van der Waals surface area contributed by atoms with Crippen LogP contribution in [0.1, 0.15) is 24.5 Å². The topological polar surface area (TPSA) is 125 Å². The minimum absolute atomic E-state index is 0.0684. The van der Waals surface area contributed by atoms with Gasteiger partial charge >= 0.3 is 6.03 Å². The minimum atomic E-state index is -3.94. The van der Waals surface area contributed by atoms with E-state index in [1.165, 1.54) is 24.3 Å². The fourth-order valence-corrected chi connectivity index (χ4v) is 4.26. The summed E-state index contributed by atoms with van der Waals surface area (Å²) in [6.45, 7) is 5.45. The number of sulfonamides is 1. The first-order valence-corrected chi connectivity index (χ1v) is 11.1. The number of nitrogens with zero attached hydrogens (tertiary/aromatic N) is 1. The molecule has 0 spiro atoms. The van der Waals surface area contributed by atoms with Gasteiger partial charge in [-0.15, -0.1) is 0 Å². The number of amides is 4. The van der Waals surface area contributed by atoms with Crippen molar-refractivity contribution >= 4 is 39.2 Å². The van der Waals surface area contributed by atoms with E-state index in [9.17, 15) is 22.8 Å². The summed E-state index contributed by atoms with van der Waals surface area (Å²) in [5.74, 6) is -0.761. The summed E-state index contributed by atoms with van der Waals surface area (Å²) >= 11 is 0. The first-order valence-electron chi connectivity index (χ1n) is 9.64. The van der Waals surface area contributed by atoms with E-state index in [0.29, 0.717) is 12.2 Å². The molecule has 1 unspecified atom stereocenters. The van der Waals surface area contributed by atoms with Crippen LogP contribution in [0, 0.1) is 13.8 Å². The third kappa shape index (κ3) is 5.40. The van der Waals surface area contributed by atoms with Gasteiger partial charge in [-0.1, -0.05) is 6.07 Å². The van der Waals surface area contributed by atoms with E-state index in [1.54, 1.807) is 4.90 Å². The molecule has 2 aromatic rings. The van der Waals surface area contributed by atoms with Gasteiger partial charge in [-0.3, -0.25) is 9.59 Å². The molecule has 9 nitrogen and oxygen atoms in total. The Labute approximate surface area is 180 Å². The number of urea groups is 1. The van der Waals surface area contributed by atoms with Crippen molar-refractivity contribution in [2.75, 3.05) is 16.8 Å². The van der Waals surface area contributed by atoms with Gasteiger partial charge in [0.05, 0.1) is 10.9 Å². The van der Waals surface area contributed by atoms with Crippen molar-refractivity contribution in [2.24, 2.45) is 0 Å². The second-order valence-corrected chi connectivity index (χ2v) is 9.14. The van der Waals surface area contributed by atoms with E-state index in [0.717, 1.165) is 23.7 Å². The van der Waals surface area contributed by atoms with Crippen LogP contribution in [0.2, 0.25) is 0 Å². The molecule has 3 rings (SSSR count). The van der Waals surface area contributed by atoms with Gasteiger partial charge in [0.1, 0.15) is 0 Å². The van der Waals surface area contributed by atoms with E-state index in [-0.39, 0.29) is 23.3 Å². The van der Waals surface area contributed by atoms with Gasteiger partial charge in [-0.2, -0.15) is 0 Å². The zero-order chi connectivity index (χ0) is 22.8. The van der Waals surface area contributed by atoms with Gasteiger partial charge in [0.2, 0.25) is 11.8 Å². The molecular formula is C21H24N4O5S. The Hall–Kier alpha value is -3.40. The smallest absolute Gasteiger partial charge is 0.319 e. The number of hydrogen-bond acceptors (Lipinski definition) is 5. The van der Waals surface area contributed by atoms with Gasteiger partial charge < -0.3 is 15.5 Å². The van der Waals surface area contributed by atoms with Crippen LogP contribution in [0.4, 0.5) is 16.2 Å². The highest BCUT2D eigenvalue weighted by Gasteiger charge is 2.31. The number of rotatable bonds is 5. The molecule has 3 N–H and O–H groups in total. The van der Waals surface area contributed by atoms with Crippen molar-refractivity contribution in [1.29, 1.82) is 0 Å². The lowest BCUT2D eigenvalue weighted by Gasteiger charge is -2.18. The number of aryl methyl sites for hydroxylation is 2. The second-order valence-electron chi connectivity index (χ2n) is 7.46. The molecule has 0 aliphatic carbocycles. The Morgan fingerprint density at radius 2 is 1.71 bits per heavy atom. The van der Waals surface area contributed by atoms with Crippen LogP contribution in [-0.4, -0.2) is 38.8 Å². The molecule has 4 amide bonds. The van der Waals surface area contributed by atoms with Crippen LogP contribution < -0.4 is 20.3 Å². The number of nitrogens with one attached hydrogen (secondary N) is 3. The Bertz CT molecular complexity index is 1130. The number of carbonyl (C=O) groups excluding carboxylic acids is 3. The lowest BCUT2D eigenvalue weighted by molar-refractivity contribution is -0.118. The maximum absolute atomic E-state index is 12.4. The largest absolute Gasteiger partial charge is 0.333 e. The summed E-state index contributed by atoms with van der Waals surface area (Å²) in [4.78, 5) is 37.3. The fourth-order valence-electron chi connectivity index (χ4n) is 3.27. The monoisotopic (exact) mass is 444 g/mol. The summed E-state index contributed by atoms with van der Waals surface area (Å²) in [6, 6.07) is 10.3. The Kier molecular flexibility index (Phi) is 6.30. The molecule has 0 saturated carbocycles. The quantitative estimate of drug-likeness (QED) is 0.651. The maximum atomic E-state index is 12.4. The zero-order valence-corrected chi connectivity index (χ0v) is 18.2. The zero-order valence-electron chi connectivity index (χ0n) is 17.4. The Morgan fingerprint density at radius 1 is 1.03 bits per heavy atom. The first kappa shape index (κ1) is 22.3. The predicted molar refractivity (Wildman–Crippen MR) is 116 cm³/mol. The van der Waals surface area contributed by atoms with Gasteiger partial charge in [0.15, 0.2) is 0 Å². The van der Waals surface area contributed by atoms with Crippen LogP contribution >= 0.6 is 0 Å². The molecule has 31 heavy (non-hydrogen) atoms. The Morgan fingerprint density at radius 3 is 2.32 bits per heavy atom. The molecule has 0 bridgehead atoms. The molecule has 1 atom stereocenters. The highest BCUT2D eigenvalue weighted by Crippen LogP contribution is 2.24. The molecule has 1 saturated heterocycles. The summed E-state index contributed by atoms with van der Waals surface area (Å²) in [5, 5.41) is 5.38. The van der Waals surface area contributed by atoms with Crippen molar-refractivity contribution in [3.8, 4) is 0 Å². The van der Waals surface area contributed by atoms with Crippen molar-refractivity contribution in [3.05, 3.63) is 53.6 Å². The average Bonchev–Trinajstić information content (AvgIpc) is 3.03. The molecule has 0 aromatic heterocycles. The van der Waals surface area contributed by atoms with Crippen LogP contribution in [0.3, 0.4) is 0 Å². The standard InChI is InChI=1S/C21H24N4O5S/c1-13-4-7-18(10-14(13)2)25-12-17(11-20(25)27)23-21(28)22-16-5-8-19(9-6-16)31(29,30)24-15(3)26/h4-10,17H,11-12H2,1-3H3,(H,24,26)(H2,22,23,28). The molecule has 1 aliphatic heterocycles. The van der Waals surface area contributed by atoms with E-state index in [1.807, 2.05) is 36.8 Å². The SMILES string of the molecule is CC(=O)NS(=O)(=O)c1ccc(NC(=O)NC2CC(=O)N(c3ccc(C)c(C)c3)C2)cc1. The molecular weight excluding hydrogens is 420 g/mol. The molecule has 164 valence electrons. The van der Waals surface area contributed by atoms with Gasteiger partial charge in [0, 0.05) is 31.3 Å². The maximum Gasteiger partial charge on any atom is 0.319 e. The summed E-state index contributed by atoms with van der Waals surface area (Å²) in [6.07, 6.45) is 0.189. The van der Waals surface area contributed by atoms with Crippen LogP contribution in [0.15, 0.2) is 47.4 Å². The van der Waals surface area contributed by atoms with Crippen LogP contribution in [-0.2, 0) is 19.6 Å². The van der Waals surface area contributed by atoms with Gasteiger partial charge in [-0.25, -0.2) is 17.9 Å². The van der Waals surface area contributed by atoms with E-state index < -0.39 is 22.0 Å². The second kappa shape index (κ2) is 8.76. The van der Waals surface area contributed by atoms with Crippen molar-refractivity contribution in [2.45, 2.75) is 38.1 Å². The van der Waals surface area contributed by atoms with Gasteiger partial charge in [0.25, 0.3) is 10.0 Å². The molecule has 1 heterocycles. The van der Waals surface area contributed by atoms with E-state index >= 15 is 0 Å². The van der Waals surface area contributed by atoms with Crippen LogP contribution in [0.5, 0.6) is 0 Å². The minimum Gasteiger partial charge on any atom is -0.333 e. The third-order valence-electron chi connectivity index (χ3n) is 4.96. The number of hydrogen-bond donors (Lipinski definition) is 3. The predicted octanol–water partition coefficient (Wildman–Crippen LogP) is 2.06. The van der Waals surface area contributed by atoms with E-state index in [2.05, 4.69) is 10.6 Å². The van der Waals surface area contributed by atoms with E-state index in [4.69, 9.17) is 0 Å². The summed E-state index contributed by atoms with van der Waals surface area (Å²) < 4.78 is 25.8. The molecule has 1 fully saturated rings.